The quantitative estimate of drug-likeness (QED) is 0.774. The molecule has 2 unspecified atom stereocenters. The maximum atomic E-state index is 11.6. The van der Waals surface area contributed by atoms with Gasteiger partial charge in [-0.05, 0) is 45.1 Å². The topological polar surface area (TPSA) is 73.2 Å². The van der Waals surface area contributed by atoms with E-state index in [1.54, 1.807) is 0 Å². The number of rotatable bonds is 6. The van der Waals surface area contributed by atoms with Gasteiger partial charge in [-0.15, -0.1) is 0 Å². The third-order valence-corrected chi connectivity index (χ3v) is 6.59. The number of sulfone groups is 1. The number of hydrogen-bond acceptors (Lipinski definition) is 5. The van der Waals surface area contributed by atoms with Gasteiger partial charge in [-0.25, -0.2) is 8.42 Å². The van der Waals surface area contributed by atoms with Crippen molar-refractivity contribution in [2.24, 2.45) is 5.92 Å². The molecule has 2 aliphatic carbocycles. The first-order chi connectivity index (χ1) is 9.44. The molecule has 3 fully saturated rings. The number of nitriles is 1. The summed E-state index contributed by atoms with van der Waals surface area (Å²) in [4.78, 5) is 2.10. The molecule has 6 heteroatoms. The van der Waals surface area contributed by atoms with Gasteiger partial charge in [0.25, 0.3) is 0 Å². The van der Waals surface area contributed by atoms with Crippen molar-refractivity contribution in [1.29, 1.82) is 5.26 Å². The molecule has 5 nitrogen and oxygen atoms in total. The van der Waals surface area contributed by atoms with Gasteiger partial charge in [-0.2, -0.15) is 5.26 Å². The maximum Gasteiger partial charge on any atom is 0.151 e. The zero-order valence-electron chi connectivity index (χ0n) is 12.0. The first-order valence-electron chi connectivity index (χ1n) is 7.54. The van der Waals surface area contributed by atoms with Gasteiger partial charge >= 0.3 is 0 Å². The lowest BCUT2D eigenvalue weighted by Crippen LogP contribution is -2.56. The average Bonchev–Trinajstić information content (AvgIpc) is 3.27. The van der Waals surface area contributed by atoms with Gasteiger partial charge < -0.3 is 0 Å². The number of hydrogen-bond donors (Lipinski definition) is 1. The zero-order valence-corrected chi connectivity index (χ0v) is 12.8. The van der Waals surface area contributed by atoms with Crippen LogP contribution in [0.25, 0.3) is 0 Å². The fourth-order valence-corrected chi connectivity index (χ4v) is 5.07. The summed E-state index contributed by atoms with van der Waals surface area (Å²) in [6.07, 6.45) is 5.26. The molecule has 1 saturated heterocycles. The van der Waals surface area contributed by atoms with Gasteiger partial charge in [0.2, 0.25) is 0 Å². The lowest BCUT2D eigenvalue weighted by atomic mass is 9.93. The average molecular weight is 297 g/mol. The minimum atomic E-state index is -2.86. The molecule has 0 aromatic rings. The minimum Gasteiger partial charge on any atom is -0.299 e. The van der Waals surface area contributed by atoms with E-state index in [0.717, 1.165) is 25.7 Å². The predicted octanol–water partition coefficient (Wildman–Crippen LogP) is 0.530. The molecule has 0 amide bonds. The first kappa shape index (κ1) is 14.3. The summed E-state index contributed by atoms with van der Waals surface area (Å²) in [5.41, 5.74) is -0.470. The van der Waals surface area contributed by atoms with Crippen LogP contribution in [0.5, 0.6) is 0 Å². The van der Waals surface area contributed by atoms with Gasteiger partial charge in [-0.3, -0.25) is 10.2 Å². The highest BCUT2D eigenvalue weighted by Gasteiger charge is 2.49. The van der Waals surface area contributed by atoms with Crippen LogP contribution in [0.15, 0.2) is 0 Å². The molecule has 0 radical (unpaired) electrons. The van der Waals surface area contributed by atoms with Gasteiger partial charge in [-0.1, -0.05) is 0 Å². The second-order valence-electron chi connectivity index (χ2n) is 6.75. The molecule has 3 rings (SSSR count). The number of nitrogens with one attached hydrogen (secondary N) is 1. The van der Waals surface area contributed by atoms with Crippen molar-refractivity contribution in [1.82, 2.24) is 10.2 Å². The van der Waals surface area contributed by atoms with E-state index >= 15 is 0 Å². The van der Waals surface area contributed by atoms with E-state index in [1.807, 2.05) is 7.05 Å². The number of nitrogens with zero attached hydrogens (tertiary/aromatic N) is 2. The SMILES string of the molecule is CN(CC(C#N)(NC1CC1)C1CC1)C1CCS(=O)(=O)C1. The van der Waals surface area contributed by atoms with Crippen molar-refractivity contribution < 1.29 is 8.42 Å². The van der Waals surface area contributed by atoms with Crippen molar-refractivity contribution in [3.05, 3.63) is 0 Å². The van der Waals surface area contributed by atoms with Crippen LogP contribution < -0.4 is 5.32 Å². The molecular weight excluding hydrogens is 274 g/mol. The van der Waals surface area contributed by atoms with Crippen LogP contribution in [-0.2, 0) is 9.84 Å². The fraction of sp³-hybridized carbons (Fsp3) is 0.929. The molecule has 0 aromatic heterocycles. The molecule has 3 aliphatic rings. The summed E-state index contributed by atoms with van der Waals surface area (Å²) < 4.78 is 23.2. The number of likely N-dealkylation sites (N-methyl/N-ethyl adjacent to an activating group) is 1. The maximum absolute atomic E-state index is 11.6. The Morgan fingerprint density at radius 1 is 1.30 bits per heavy atom. The largest absolute Gasteiger partial charge is 0.299 e. The Morgan fingerprint density at radius 2 is 2.00 bits per heavy atom. The summed E-state index contributed by atoms with van der Waals surface area (Å²) in [6, 6.07) is 3.09. The van der Waals surface area contributed by atoms with E-state index < -0.39 is 15.4 Å². The van der Waals surface area contributed by atoms with E-state index in [0.29, 0.717) is 30.7 Å². The second-order valence-corrected chi connectivity index (χ2v) is 8.98. The monoisotopic (exact) mass is 297 g/mol. The molecule has 20 heavy (non-hydrogen) atoms. The van der Waals surface area contributed by atoms with Crippen molar-refractivity contribution in [3.63, 3.8) is 0 Å². The predicted molar refractivity (Wildman–Crippen MR) is 76.9 cm³/mol. The molecule has 1 heterocycles. The molecule has 0 bridgehead atoms. The Kier molecular flexibility index (Phi) is 3.56. The van der Waals surface area contributed by atoms with Gasteiger partial charge in [0, 0.05) is 18.6 Å². The summed E-state index contributed by atoms with van der Waals surface area (Å²) in [5.74, 6) is 0.980. The third-order valence-electron chi connectivity index (χ3n) is 4.84. The Labute approximate surface area is 121 Å². The molecule has 1 N–H and O–H groups in total. The Hall–Kier alpha value is -0.640. The van der Waals surface area contributed by atoms with Crippen molar-refractivity contribution in [2.75, 3.05) is 25.1 Å². The highest BCUT2D eigenvalue weighted by Crippen LogP contribution is 2.42. The zero-order chi connectivity index (χ0) is 14.4. The molecule has 0 spiro atoms. The highest BCUT2D eigenvalue weighted by atomic mass is 32.2. The van der Waals surface area contributed by atoms with Gasteiger partial charge in [0.05, 0.1) is 17.6 Å². The van der Waals surface area contributed by atoms with E-state index in [2.05, 4.69) is 16.3 Å². The normalized spacial score (nSPS) is 31.9. The standard InChI is InChI=1S/C14H23N3O2S/c1-17(13-6-7-20(18,19)8-13)10-14(9-15,11-2-3-11)16-12-4-5-12/h11-13,16H,2-8,10H2,1H3. The van der Waals surface area contributed by atoms with Crippen LogP contribution in [0.3, 0.4) is 0 Å². The second kappa shape index (κ2) is 4.97. The van der Waals surface area contributed by atoms with Crippen LogP contribution in [0.4, 0.5) is 0 Å². The lowest BCUT2D eigenvalue weighted by Gasteiger charge is -2.35. The summed E-state index contributed by atoms with van der Waals surface area (Å²) in [7, 11) is -0.896. The highest BCUT2D eigenvalue weighted by molar-refractivity contribution is 7.91. The van der Waals surface area contributed by atoms with E-state index in [4.69, 9.17) is 0 Å². The van der Waals surface area contributed by atoms with E-state index in [9.17, 15) is 13.7 Å². The van der Waals surface area contributed by atoms with Gasteiger partial charge in [0.1, 0.15) is 5.54 Å². The van der Waals surface area contributed by atoms with Crippen molar-refractivity contribution >= 4 is 9.84 Å². The van der Waals surface area contributed by atoms with E-state index in [1.165, 1.54) is 0 Å². The molecule has 112 valence electrons. The van der Waals surface area contributed by atoms with Gasteiger partial charge in [0.15, 0.2) is 9.84 Å². The van der Waals surface area contributed by atoms with Crippen molar-refractivity contribution in [3.8, 4) is 6.07 Å². The molecule has 1 aliphatic heterocycles. The molecule has 2 saturated carbocycles. The molecule has 2 atom stereocenters. The van der Waals surface area contributed by atoms with E-state index in [-0.39, 0.29) is 11.8 Å². The van der Waals surface area contributed by atoms with Crippen LogP contribution in [0.2, 0.25) is 0 Å². The summed E-state index contributed by atoms with van der Waals surface area (Å²) in [5, 5.41) is 13.2. The molecular formula is C14H23N3O2S. The Morgan fingerprint density at radius 3 is 2.45 bits per heavy atom. The molecule has 0 aromatic carbocycles. The Bertz CT molecular complexity index is 519. The smallest absolute Gasteiger partial charge is 0.151 e. The van der Waals surface area contributed by atoms with Crippen molar-refractivity contribution in [2.45, 2.75) is 49.7 Å². The summed E-state index contributed by atoms with van der Waals surface area (Å²) >= 11 is 0. The Balaban J connectivity index is 1.68. The van der Waals surface area contributed by atoms with Crippen LogP contribution >= 0.6 is 0 Å². The first-order valence-corrected chi connectivity index (χ1v) is 9.36. The summed E-state index contributed by atoms with van der Waals surface area (Å²) in [6.45, 7) is 0.644. The lowest BCUT2D eigenvalue weighted by molar-refractivity contribution is 0.187. The minimum absolute atomic E-state index is 0.0764. The van der Waals surface area contributed by atoms with Crippen LogP contribution in [-0.4, -0.2) is 56.0 Å². The fourth-order valence-electron chi connectivity index (χ4n) is 3.27. The van der Waals surface area contributed by atoms with Crippen LogP contribution in [0.1, 0.15) is 32.1 Å². The third kappa shape index (κ3) is 3.00. The van der Waals surface area contributed by atoms with Crippen LogP contribution in [0, 0.1) is 17.2 Å².